The van der Waals surface area contributed by atoms with E-state index in [1.54, 1.807) is 18.2 Å². The number of hydrogen-bond donors (Lipinski definition) is 2. The number of anilines is 1. The van der Waals surface area contributed by atoms with Gasteiger partial charge in [0.2, 0.25) is 5.91 Å². The van der Waals surface area contributed by atoms with Crippen molar-refractivity contribution in [1.29, 1.82) is 0 Å². The molecule has 0 saturated carbocycles. The fourth-order valence-electron chi connectivity index (χ4n) is 3.50. The maximum absolute atomic E-state index is 12.4. The minimum atomic E-state index is -0.189. The predicted molar refractivity (Wildman–Crippen MR) is 126 cm³/mol. The molecule has 2 N–H and O–H groups in total. The molecule has 0 radical (unpaired) electrons. The molecule has 0 aliphatic heterocycles. The quantitative estimate of drug-likeness (QED) is 0.436. The van der Waals surface area contributed by atoms with E-state index in [0.29, 0.717) is 28.3 Å². The van der Waals surface area contributed by atoms with E-state index < -0.39 is 0 Å². The van der Waals surface area contributed by atoms with Crippen molar-refractivity contribution in [2.24, 2.45) is 0 Å². The summed E-state index contributed by atoms with van der Waals surface area (Å²) in [5, 5.41) is 4.00. The summed E-state index contributed by atoms with van der Waals surface area (Å²) in [5.41, 5.74) is 3.70. The minimum Gasteiger partial charge on any atom is -0.310 e. The van der Waals surface area contributed by atoms with Crippen molar-refractivity contribution in [2.45, 2.75) is 39.5 Å². The van der Waals surface area contributed by atoms with Crippen LogP contribution in [-0.2, 0) is 17.6 Å². The Balaban J connectivity index is 1.41. The summed E-state index contributed by atoms with van der Waals surface area (Å²) in [6, 6.07) is 15.6. The molecular formula is C24H24N4O2S. The molecule has 0 fully saturated rings. The summed E-state index contributed by atoms with van der Waals surface area (Å²) in [7, 11) is 0. The third kappa shape index (κ3) is 4.88. The van der Waals surface area contributed by atoms with Crippen molar-refractivity contribution in [3.05, 3.63) is 75.1 Å². The number of fused-ring (bicyclic) bond motifs is 1. The molecule has 4 aromatic rings. The van der Waals surface area contributed by atoms with Gasteiger partial charge in [-0.25, -0.2) is 9.97 Å². The van der Waals surface area contributed by atoms with Crippen molar-refractivity contribution in [3.8, 4) is 11.3 Å². The highest BCUT2D eigenvalue weighted by Crippen LogP contribution is 2.30. The number of carbonyl (C=O) groups is 1. The molecule has 158 valence electrons. The van der Waals surface area contributed by atoms with E-state index >= 15 is 0 Å². The lowest BCUT2D eigenvalue weighted by Gasteiger charge is -2.04. The largest absolute Gasteiger partial charge is 0.310 e. The second-order valence-electron chi connectivity index (χ2n) is 7.45. The Labute approximate surface area is 184 Å². The van der Waals surface area contributed by atoms with Gasteiger partial charge >= 0.3 is 0 Å². The van der Waals surface area contributed by atoms with Gasteiger partial charge in [-0.1, -0.05) is 49.7 Å². The van der Waals surface area contributed by atoms with Crippen LogP contribution in [0, 0.1) is 6.92 Å². The zero-order valence-corrected chi connectivity index (χ0v) is 18.4. The van der Waals surface area contributed by atoms with Crippen LogP contribution in [0.1, 0.15) is 36.0 Å². The Kier molecular flexibility index (Phi) is 6.23. The number of aromatic nitrogens is 3. The van der Waals surface area contributed by atoms with E-state index in [4.69, 9.17) is 0 Å². The third-order valence-electron chi connectivity index (χ3n) is 5.06. The molecule has 0 saturated heterocycles. The lowest BCUT2D eigenvalue weighted by Crippen LogP contribution is -2.16. The molecule has 31 heavy (non-hydrogen) atoms. The second-order valence-corrected chi connectivity index (χ2v) is 8.65. The van der Waals surface area contributed by atoms with Crippen molar-refractivity contribution >= 4 is 33.3 Å². The lowest BCUT2D eigenvalue weighted by atomic mass is 10.1. The van der Waals surface area contributed by atoms with Crippen molar-refractivity contribution in [1.82, 2.24) is 15.0 Å². The number of aryl methyl sites for hydroxylation is 3. The standard InChI is InChI=1S/C24H24N4O2S/c1-3-6-16-9-11-17(12-10-16)22-15(2)31-24(28-22)27-21(29)14-13-20-25-19-8-5-4-7-18(19)23(30)26-20/h4-5,7-12H,3,6,13-14H2,1-2H3,(H,25,26,30)(H,27,28,29). The number of nitrogens with zero attached hydrogens (tertiary/aromatic N) is 2. The maximum Gasteiger partial charge on any atom is 0.258 e. The molecule has 0 bridgehead atoms. The number of rotatable bonds is 7. The Morgan fingerprint density at radius 3 is 2.61 bits per heavy atom. The number of hydrogen-bond acceptors (Lipinski definition) is 5. The van der Waals surface area contributed by atoms with Crippen LogP contribution in [0.3, 0.4) is 0 Å². The first-order chi connectivity index (χ1) is 15.0. The smallest absolute Gasteiger partial charge is 0.258 e. The average Bonchev–Trinajstić information content (AvgIpc) is 3.13. The van der Waals surface area contributed by atoms with E-state index in [-0.39, 0.29) is 17.9 Å². The zero-order chi connectivity index (χ0) is 21.8. The molecule has 2 aromatic heterocycles. The van der Waals surface area contributed by atoms with Crippen LogP contribution < -0.4 is 10.9 Å². The molecule has 7 heteroatoms. The van der Waals surface area contributed by atoms with Gasteiger partial charge in [0.1, 0.15) is 5.82 Å². The van der Waals surface area contributed by atoms with Gasteiger partial charge in [0.25, 0.3) is 5.56 Å². The van der Waals surface area contributed by atoms with Gasteiger partial charge in [-0.05, 0) is 31.0 Å². The van der Waals surface area contributed by atoms with Crippen LogP contribution in [0.4, 0.5) is 5.13 Å². The van der Waals surface area contributed by atoms with E-state index in [1.165, 1.54) is 16.9 Å². The number of nitrogens with one attached hydrogen (secondary N) is 2. The Morgan fingerprint density at radius 1 is 1.06 bits per heavy atom. The van der Waals surface area contributed by atoms with Gasteiger partial charge < -0.3 is 10.3 Å². The van der Waals surface area contributed by atoms with Crippen molar-refractivity contribution in [2.75, 3.05) is 5.32 Å². The maximum atomic E-state index is 12.4. The number of H-pyrrole nitrogens is 1. The summed E-state index contributed by atoms with van der Waals surface area (Å²) in [6.07, 6.45) is 2.74. The first-order valence-corrected chi connectivity index (χ1v) is 11.2. The van der Waals surface area contributed by atoms with Crippen LogP contribution in [0.25, 0.3) is 22.2 Å². The molecule has 0 unspecified atom stereocenters. The Bertz CT molecular complexity index is 1270. The second kappa shape index (κ2) is 9.22. The monoisotopic (exact) mass is 432 g/mol. The molecular weight excluding hydrogens is 408 g/mol. The topological polar surface area (TPSA) is 87.7 Å². The first kappa shape index (κ1) is 20.9. The number of thiazole rings is 1. The number of benzene rings is 2. The van der Waals surface area contributed by atoms with Crippen molar-refractivity contribution in [3.63, 3.8) is 0 Å². The van der Waals surface area contributed by atoms with E-state index in [1.807, 2.05) is 13.0 Å². The van der Waals surface area contributed by atoms with Gasteiger partial charge in [-0.3, -0.25) is 9.59 Å². The fourth-order valence-corrected chi connectivity index (χ4v) is 4.35. The normalized spacial score (nSPS) is 11.0. The molecule has 0 spiro atoms. The minimum absolute atomic E-state index is 0.158. The third-order valence-corrected chi connectivity index (χ3v) is 5.95. The molecule has 0 atom stereocenters. The molecule has 4 rings (SSSR count). The molecule has 6 nitrogen and oxygen atoms in total. The van der Waals surface area contributed by atoms with Crippen LogP contribution in [0.2, 0.25) is 0 Å². The van der Waals surface area contributed by atoms with Gasteiger partial charge in [-0.15, -0.1) is 11.3 Å². The number of carbonyl (C=O) groups excluding carboxylic acids is 1. The van der Waals surface area contributed by atoms with Gasteiger partial charge in [0, 0.05) is 23.3 Å². The molecule has 1 amide bonds. The molecule has 2 aromatic carbocycles. The zero-order valence-electron chi connectivity index (χ0n) is 17.6. The Morgan fingerprint density at radius 2 is 1.84 bits per heavy atom. The number of aromatic amines is 1. The van der Waals surface area contributed by atoms with E-state index in [2.05, 4.69) is 51.5 Å². The summed E-state index contributed by atoms with van der Waals surface area (Å²) >= 11 is 1.46. The highest BCUT2D eigenvalue weighted by atomic mass is 32.1. The summed E-state index contributed by atoms with van der Waals surface area (Å²) in [6.45, 7) is 4.17. The van der Waals surface area contributed by atoms with Gasteiger partial charge in [0.15, 0.2) is 5.13 Å². The molecule has 2 heterocycles. The predicted octanol–water partition coefficient (Wildman–Crippen LogP) is 4.88. The summed E-state index contributed by atoms with van der Waals surface area (Å²) in [4.78, 5) is 37.5. The Hall–Kier alpha value is -3.32. The molecule has 0 aliphatic rings. The van der Waals surface area contributed by atoms with E-state index in [9.17, 15) is 9.59 Å². The van der Waals surface area contributed by atoms with Crippen molar-refractivity contribution < 1.29 is 4.79 Å². The van der Waals surface area contributed by atoms with Gasteiger partial charge in [0.05, 0.1) is 16.6 Å². The lowest BCUT2D eigenvalue weighted by molar-refractivity contribution is -0.116. The molecule has 0 aliphatic carbocycles. The highest BCUT2D eigenvalue weighted by Gasteiger charge is 2.13. The van der Waals surface area contributed by atoms with Crippen LogP contribution in [0.5, 0.6) is 0 Å². The number of para-hydroxylation sites is 1. The number of amides is 1. The highest BCUT2D eigenvalue weighted by molar-refractivity contribution is 7.16. The SMILES string of the molecule is CCCc1ccc(-c2nc(NC(=O)CCc3nc4ccccc4c(=O)[nH]3)sc2C)cc1. The van der Waals surface area contributed by atoms with E-state index in [0.717, 1.165) is 29.0 Å². The average molecular weight is 433 g/mol. The van der Waals surface area contributed by atoms with Crippen LogP contribution >= 0.6 is 11.3 Å². The summed E-state index contributed by atoms with van der Waals surface area (Å²) < 4.78 is 0. The fraction of sp³-hybridized carbons (Fsp3) is 0.250. The van der Waals surface area contributed by atoms with Crippen LogP contribution in [-0.4, -0.2) is 20.9 Å². The summed E-state index contributed by atoms with van der Waals surface area (Å²) in [5.74, 6) is 0.344. The van der Waals surface area contributed by atoms with Gasteiger partial charge in [-0.2, -0.15) is 0 Å². The first-order valence-electron chi connectivity index (χ1n) is 10.4. The van der Waals surface area contributed by atoms with Crippen LogP contribution in [0.15, 0.2) is 53.3 Å².